The molecule has 0 saturated heterocycles. The van der Waals surface area contributed by atoms with Crippen LogP contribution in [0.5, 0.6) is 11.5 Å². The second-order valence-electron chi connectivity index (χ2n) is 5.42. The fourth-order valence-electron chi connectivity index (χ4n) is 2.48. The molecule has 0 bridgehead atoms. The third-order valence-electron chi connectivity index (χ3n) is 3.73. The molecular weight excluding hydrogens is 296 g/mol. The van der Waals surface area contributed by atoms with Crippen LogP contribution in [0, 0.1) is 0 Å². The molecule has 0 aliphatic carbocycles. The standard InChI is InChI=1S/C18H26O5/c1-7-18(3,11-16(19)23-8-2)14-9-13(12-20-4)10-15(21-5)17(14)22-6/h7,9-10H,1,8,11-12H2,2-6H3. The molecule has 0 heterocycles. The van der Waals surface area contributed by atoms with Crippen molar-refractivity contribution in [1.29, 1.82) is 0 Å². The SMILES string of the molecule is C=CC(C)(CC(=O)OCC)c1cc(COC)cc(OC)c1OC. The molecule has 0 aromatic heterocycles. The summed E-state index contributed by atoms with van der Waals surface area (Å²) in [5.41, 5.74) is 1.10. The molecule has 128 valence electrons. The molecule has 5 heteroatoms. The van der Waals surface area contributed by atoms with Crippen molar-refractivity contribution in [2.45, 2.75) is 32.3 Å². The number of ether oxygens (including phenoxy) is 4. The predicted molar refractivity (Wildman–Crippen MR) is 89.1 cm³/mol. The van der Waals surface area contributed by atoms with Crippen LogP contribution in [0.1, 0.15) is 31.4 Å². The van der Waals surface area contributed by atoms with Crippen molar-refractivity contribution in [3.8, 4) is 11.5 Å². The second-order valence-corrected chi connectivity index (χ2v) is 5.42. The van der Waals surface area contributed by atoms with Gasteiger partial charge in [-0.2, -0.15) is 0 Å². The van der Waals surface area contributed by atoms with Gasteiger partial charge in [0, 0.05) is 18.1 Å². The van der Waals surface area contributed by atoms with Gasteiger partial charge in [0.1, 0.15) is 0 Å². The Bertz CT molecular complexity index is 553. The van der Waals surface area contributed by atoms with Gasteiger partial charge in [-0.25, -0.2) is 0 Å². The largest absolute Gasteiger partial charge is 0.493 e. The highest BCUT2D eigenvalue weighted by Gasteiger charge is 2.32. The lowest BCUT2D eigenvalue weighted by Crippen LogP contribution is -2.25. The molecule has 0 saturated carbocycles. The van der Waals surface area contributed by atoms with E-state index in [4.69, 9.17) is 18.9 Å². The number of rotatable bonds is 9. The number of benzene rings is 1. The molecule has 0 N–H and O–H groups in total. The maximum absolute atomic E-state index is 12.0. The van der Waals surface area contributed by atoms with Crippen molar-refractivity contribution >= 4 is 5.97 Å². The maximum Gasteiger partial charge on any atom is 0.306 e. The zero-order valence-corrected chi connectivity index (χ0v) is 14.6. The molecule has 0 fully saturated rings. The lowest BCUT2D eigenvalue weighted by molar-refractivity contribution is -0.144. The Balaban J connectivity index is 3.41. The molecule has 1 rings (SSSR count). The summed E-state index contributed by atoms with van der Waals surface area (Å²) in [4.78, 5) is 12.0. The molecule has 0 radical (unpaired) electrons. The topological polar surface area (TPSA) is 54.0 Å². The number of hydrogen-bond donors (Lipinski definition) is 0. The van der Waals surface area contributed by atoms with Gasteiger partial charge in [0.05, 0.1) is 33.9 Å². The Labute approximate surface area is 138 Å². The zero-order chi connectivity index (χ0) is 17.5. The van der Waals surface area contributed by atoms with Crippen molar-refractivity contribution in [3.05, 3.63) is 35.9 Å². The van der Waals surface area contributed by atoms with Gasteiger partial charge >= 0.3 is 5.97 Å². The Hall–Kier alpha value is -2.01. The minimum absolute atomic E-state index is 0.167. The molecule has 0 amide bonds. The normalized spacial score (nSPS) is 13.1. The molecule has 1 aromatic rings. The highest BCUT2D eigenvalue weighted by molar-refractivity contribution is 5.73. The third kappa shape index (κ3) is 4.48. The van der Waals surface area contributed by atoms with Gasteiger partial charge in [0.15, 0.2) is 11.5 Å². The highest BCUT2D eigenvalue weighted by atomic mass is 16.5. The van der Waals surface area contributed by atoms with E-state index in [0.717, 1.165) is 11.1 Å². The van der Waals surface area contributed by atoms with Crippen molar-refractivity contribution in [3.63, 3.8) is 0 Å². The number of carbonyl (C=O) groups is 1. The van der Waals surface area contributed by atoms with E-state index < -0.39 is 5.41 Å². The number of esters is 1. The van der Waals surface area contributed by atoms with E-state index >= 15 is 0 Å². The Morgan fingerprint density at radius 2 is 1.96 bits per heavy atom. The Morgan fingerprint density at radius 3 is 2.43 bits per heavy atom. The van der Waals surface area contributed by atoms with Crippen LogP contribution in [0.2, 0.25) is 0 Å². The summed E-state index contributed by atoms with van der Waals surface area (Å²) in [6.45, 7) is 8.37. The average Bonchev–Trinajstić information content (AvgIpc) is 2.54. The summed E-state index contributed by atoms with van der Waals surface area (Å²) in [7, 11) is 4.78. The predicted octanol–water partition coefficient (Wildman–Crippen LogP) is 3.25. The quantitative estimate of drug-likeness (QED) is 0.516. The van der Waals surface area contributed by atoms with Crippen LogP contribution in [-0.4, -0.2) is 33.9 Å². The first kappa shape index (κ1) is 19.0. The van der Waals surface area contributed by atoms with Crippen LogP contribution in [0.25, 0.3) is 0 Å². The van der Waals surface area contributed by atoms with E-state index in [9.17, 15) is 4.79 Å². The summed E-state index contributed by atoms with van der Waals surface area (Å²) in [5.74, 6) is 0.890. The lowest BCUT2D eigenvalue weighted by atomic mass is 9.78. The van der Waals surface area contributed by atoms with Gasteiger partial charge in [-0.05, 0) is 24.6 Å². The third-order valence-corrected chi connectivity index (χ3v) is 3.73. The summed E-state index contributed by atoms with van der Waals surface area (Å²) in [5, 5.41) is 0. The minimum Gasteiger partial charge on any atom is -0.493 e. The van der Waals surface area contributed by atoms with Gasteiger partial charge in [-0.1, -0.05) is 13.0 Å². The molecule has 1 unspecified atom stereocenters. The zero-order valence-electron chi connectivity index (χ0n) is 14.6. The second kappa shape index (κ2) is 8.58. The summed E-state index contributed by atoms with van der Waals surface area (Å²) in [6, 6.07) is 3.81. The molecule has 0 aliphatic rings. The van der Waals surface area contributed by atoms with Crippen molar-refractivity contribution in [2.24, 2.45) is 0 Å². The van der Waals surface area contributed by atoms with Gasteiger partial charge in [-0.3, -0.25) is 4.79 Å². The first-order chi connectivity index (χ1) is 10.9. The maximum atomic E-state index is 12.0. The number of methoxy groups -OCH3 is 3. The summed E-state index contributed by atoms with van der Waals surface area (Å²) >= 11 is 0. The molecule has 23 heavy (non-hydrogen) atoms. The molecule has 0 spiro atoms. The van der Waals surface area contributed by atoms with Gasteiger partial charge in [-0.15, -0.1) is 6.58 Å². The van der Waals surface area contributed by atoms with Gasteiger partial charge in [0.2, 0.25) is 0 Å². The number of carbonyl (C=O) groups excluding carboxylic acids is 1. The van der Waals surface area contributed by atoms with E-state index in [1.54, 1.807) is 34.3 Å². The number of hydrogen-bond acceptors (Lipinski definition) is 5. The fourth-order valence-corrected chi connectivity index (χ4v) is 2.48. The van der Waals surface area contributed by atoms with Crippen LogP contribution in [-0.2, 0) is 26.3 Å². The smallest absolute Gasteiger partial charge is 0.306 e. The van der Waals surface area contributed by atoms with Crippen LogP contribution >= 0.6 is 0 Å². The van der Waals surface area contributed by atoms with Crippen LogP contribution in [0.15, 0.2) is 24.8 Å². The Kier molecular flexibility index (Phi) is 7.10. The first-order valence-corrected chi connectivity index (χ1v) is 7.49. The average molecular weight is 322 g/mol. The summed E-state index contributed by atoms with van der Waals surface area (Å²) < 4.78 is 21.2. The monoisotopic (exact) mass is 322 g/mol. The molecule has 5 nitrogen and oxygen atoms in total. The fraction of sp³-hybridized carbons (Fsp3) is 0.500. The van der Waals surface area contributed by atoms with E-state index in [1.807, 2.05) is 19.1 Å². The first-order valence-electron chi connectivity index (χ1n) is 7.49. The van der Waals surface area contributed by atoms with E-state index in [-0.39, 0.29) is 12.4 Å². The van der Waals surface area contributed by atoms with Gasteiger partial charge in [0.25, 0.3) is 0 Å². The molecular formula is C18H26O5. The van der Waals surface area contributed by atoms with Crippen LogP contribution in [0.4, 0.5) is 0 Å². The van der Waals surface area contributed by atoms with E-state index in [1.165, 1.54) is 0 Å². The van der Waals surface area contributed by atoms with Crippen LogP contribution < -0.4 is 9.47 Å². The minimum atomic E-state index is -0.644. The molecule has 0 aliphatic heterocycles. The number of allylic oxidation sites excluding steroid dienone is 1. The van der Waals surface area contributed by atoms with E-state index in [0.29, 0.717) is 24.7 Å². The van der Waals surface area contributed by atoms with Crippen LogP contribution in [0.3, 0.4) is 0 Å². The molecule has 1 aromatic carbocycles. The molecule has 1 atom stereocenters. The summed E-state index contributed by atoms with van der Waals surface area (Å²) in [6.07, 6.45) is 1.90. The van der Waals surface area contributed by atoms with E-state index in [2.05, 4.69) is 6.58 Å². The van der Waals surface area contributed by atoms with Crippen molar-refractivity contribution < 1.29 is 23.7 Å². The highest BCUT2D eigenvalue weighted by Crippen LogP contribution is 2.42. The van der Waals surface area contributed by atoms with Gasteiger partial charge < -0.3 is 18.9 Å². The van der Waals surface area contributed by atoms with Crippen molar-refractivity contribution in [1.82, 2.24) is 0 Å². The Morgan fingerprint density at radius 1 is 1.26 bits per heavy atom. The van der Waals surface area contributed by atoms with Crippen molar-refractivity contribution in [2.75, 3.05) is 27.9 Å². The lowest BCUT2D eigenvalue weighted by Gasteiger charge is -2.28.